The van der Waals surface area contributed by atoms with Crippen LogP contribution in [0.1, 0.15) is 22.3 Å². The van der Waals surface area contributed by atoms with E-state index in [0.717, 1.165) is 22.3 Å². The number of benzene rings is 5. The average Bonchev–Trinajstić information content (AvgIpc) is 2.95. The summed E-state index contributed by atoms with van der Waals surface area (Å²) in [5.41, 5.74) is 11.6. The quantitative estimate of drug-likeness (QED) is 0.226. The zero-order valence-electron chi connectivity index (χ0n) is 22.1. The lowest BCUT2D eigenvalue weighted by molar-refractivity contribution is 1.25. The van der Waals surface area contributed by atoms with Crippen LogP contribution in [0.4, 0.5) is 0 Å². The molecule has 0 saturated carbocycles. The molecule has 0 saturated heterocycles. The Balaban J connectivity index is 1.44. The third-order valence-electron chi connectivity index (χ3n) is 8.29. The van der Waals surface area contributed by atoms with Gasteiger partial charge in [-0.15, -0.1) is 0 Å². The zero-order chi connectivity index (χ0) is 26.0. The minimum atomic E-state index is 0.980. The number of aryl methyl sites for hydroxylation is 3. The number of hydrogen-bond acceptors (Lipinski definition) is 2. The molecule has 2 heterocycles. The second kappa shape index (κ2) is 8.49. The molecule has 0 aliphatic heterocycles. The van der Waals surface area contributed by atoms with Gasteiger partial charge >= 0.3 is 0 Å². The minimum absolute atomic E-state index is 0.980. The molecular weight excluding hydrogens is 460 g/mol. The number of rotatable bonds is 2. The molecule has 38 heavy (non-hydrogen) atoms. The third-order valence-corrected chi connectivity index (χ3v) is 8.29. The van der Waals surface area contributed by atoms with Crippen molar-refractivity contribution < 1.29 is 0 Å². The molecule has 2 aromatic heterocycles. The van der Waals surface area contributed by atoms with Crippen LogP contribution in [-0.2, 0) is 0 Å². The predicted octanol–water partition coefficient (Wildman–Crippen LogP) is 9.66. The molecule has 7 aromatic rings. The van der Waals surface area contributed by atoms with Crippen molar-refractivity contribution in [3.05, 3.63) is 119 Å². The van der Waals surface area contributed by atoms with Crippen LogP contribution in [0.5, 0.6) is 0 Å². The molecule has 0 spiro atoms. The Bertz CT molecular complexity index is 2060. The summed E-state index contributed by atoms with van der Waals surface area (Å²) in [4.78, 5) is 10.1. The van der Waals surface area contributed by atoms with Crippen molar-refractivity contribution in [2.24, 2.45) is 0 Å². The first-order valence-corrected chi connectivity index (χ1v) is 13.2. The molecule has 2 heteroatoms. The van der Waals surface area contributed by atoms with E-state index in [1.807, 2.05) is 6.20 Å². The zero-order valence-corrected chi connectivity index (χ0v) is 22.1. The van der Waals surface area contributed by atoms with Crippen LogP contribution in [0.3, 0.4) is 0 Å². The second-order valence-electron chi connectivity index (χ2n) is 10.4. The number of hydrogen-bond donors (Lipinski definition) is 0. The summed E-state index contributed by atoms with van der Waals surface area (Å²) in [5, 5.41) is 7.33. The normalized spacial score (nSPS) is 11.7. The first-order valence-electron chi connectivity index (χ1n) is 13.2. The lowest BCUT2D eigenvalue weighted by atomic mass is 9.93. The molecule has 0 amide bonds. The molecule has 0 N–H and O–H groups in total. The van der Waals surface area contributed by atoms with E-state index in [9.17, 15) is 0 Å². The highest BCUT2D eigenvalue weighted by Crippen LogP contribution is 2.36. The smallest absolute Gasteiger partial charge is 0.0975 e. The fourth-order valence-electron chi connectivity index (χ4n) is 5.79. The van der Waals surface area contributed by atoms with Gasteiger partial charge in [-0.1, -0.05) is 78.9 Å². The van der Waals surface area contributed by atoms with E-state index >= 15 is 0 Å². The maximum absolute atomic E-state index is 5.27. The Morgan fingerprint density at radius 1 is 0.500 bits per heavy atom. The Kier molecular flexibility index (Phi) is 5.06. The average molecular weight is 489 g/mol. The van der Waals surface area contributed by atoms with Gasteiger partial charge in [0.25, 0.3) is 0 Å². The summed E-state index contributed by atoms with van der Waals surface area (Å²) in [7, 11) is 0. The third kappa shape index (κ3) is 3.41. The summed E-state index contributed by atoms with van der Waals surface area (Å²) in [5.74, 6) is 0. The molecule has 0 unspecified atom stereocenters. The van der Waals surface area contributed by atoms with Crippen molar-refractivity contribution in [1.82, 2.24) is 9.97 Å². The van der Waals surface area contributed by atoms with E-state index < -0.39 is 0 Å². The van der Waals surface area contributed by atoms with Gasteiger partial charge in [-0.3, -0.25) is 4.98 Å². The molecule has 2 nitrogen and oxygen atoms in total. The Hall–Kier alpha value is -4.56. The van der Waals surface area contributed by atoms with Gasteiger partial charge in [0, 0.05) is 22.5 Å². The standard InChI is InChI=1S/C36H28N2/c1-21-20-37-35-30(22(21)2)16-17-31-23(3)24(4)34(38-36(31)35)28-15-13-25-12-14-27(18-29(25)19-28)33-11-7-9-26-8-5-6-10-32(26)33/h5-20H,1-4H3. The largest absolute Gasteiger partial charge is 0.254 e. The fraction of sp³-hybridized carbons (Fsp3) is 0.111. The first kappa shape index (κ1) is 22.6. The molecule has 0 aliphatic carbocycles. The van der Waals surface area contributed by atoms with E-state index in [4.69, 9.17) is 9.97 Å². The summed E-state index contributed by atoms with van der Waals surface area (Å²) in [6.45, 7) is 8.68. The summed E-state index contributed by atoms with van der Waals surface area (Å²) < 4.78 is 0. The van der Waals surface area contributed by atoms with Gasteiger partial charge in [-0.2, -0.15) is 0 Å². The van der Waals surface area contributed by atoms with Crippen LogP contribution in [0, 0.1) is 27.7 Å². The van der Waals surface area contributed by atoms with Gasteiger partial charge in [0.1, 0.15) is 0 Å². The first-order chi connectivity index (χ1) is 18.5. The lowest BCUT2D eigenvalue weighted by Gasteiger charge is -2.15. The van der Waals surface area contributed by atoms with Gasteiger partial charge in [0.05, 0.1) is 16.7 Å². The topological polar surface area (TPSA) is 25.8 Å². The number of nitrogens with zero attached hydrogens (tertiary/aromatic N) is 2. The van der Waals surface area contributed by atoms with Gasteiger partial charge < -0.3 is 0 Å². The molecule has 0 bridgehead atoms. The van der Waals surface area contributed by atoms with Crippen molar-refractivity contribution in [1.29, 1.82) is 0 Å². The highest BCUT2D eigenvalue weighted by atomic mass is 14.8. The molecule has 5 aromatic carbocycles. The molecule has 7 rings (SSSR count). The van der Waals surface area contributed by atoms with Crippen LogP contribution in [0.2, 0.25) is 0 Å². The van der Waals surface area contributed by atoms with Crippen molar-refractivity contribution in [2.45, 2.75) is 27.7 Å². The fourth-order valence-corrected chi connectivity index (χ4v) is 5.79. The summed E-state index contributed by atoms with van der Waals surface area (Å²) >= 11 is 0. The monoisotopic (exact) mass is 488 g/mol. The van der Waals surface area contributed by atoms with Crippen LogP contribution < -0.4 is 0 Å². The van der Waals surface area contributed by atoms with Gasteiger partial charge in [-0.05, 0) is 94.8 Å². The van der Waals surface area contributed by atoms with Crippen LogP contribution in [-0.4, -0.2) is 9.97 Å². The van der Waals surface area contributed by atoms with Gasteiger partial charge in [-0.25, -0.2) is 4.98 Å². The van der Waals surface area contributed by atoms with Crippen molar-refractivity contribution in [2.75, 3.05) is 0 Å². The van der Waals surface area contributed by atoms with Crippen molar-refractivity contribution in [3.8, 4) is 22.4 Å². The van der Waals surface area contributed by atoms with Crippen LogP contribution >= 0.6 is 0 Å². The van der Waals surface area contributed by atoms with E-state index in [2.05, 4.69) is 119 Å². The SMILES string of the molecule is Cc1cnc2c(ccc3c(C)c(C)c(-c4ccc5ccc(-c6cccc7ccccc67)cc5c4)nc32)c1C. The molecule has 0 atom stereocenters. The maximum atomic E-state index is 5.27. The molecule has 0 fully saturated rings. The highest BCUT2D eigenvalue weighted by Gasteiger charge is 2.15. The summed E-state index contributed by atoms with van der Waals surface area (Å²) in [6, 6.07) is 33.0. The Morgan fingerprint density at radius 3 is 2.05 bits per heavy atom. The van der Waals surface area contributed by atoms with Crippen LogP contribution in [0.25, 0.3) is 65.7 Å². The van der Waals surface area contributed by atoms with E-state index in [1.54, 1.807) is 0 Å². The molecule has 0 radical (unpaired) electrons. The second-order valence-corrected chi connectivity index (χ2v) is 10.4. The molecule has 182 valence electrons. The number of aromatic nitrogens is 2. The highest BCUT2D eigenvalue weighted by molar-refractivity contribution is 6.06. The molecule has 0 aliphatic rings. The van der Waals surface area contributed by atoms with E-state index in [0.29, 0.717) is 0 Å². The van der Waals surface area contributed by atoms with E-state index in [-0.39, 0.29) is 0 Å². The Labute approximate surface area is 222 Å². The summed E-state index contributed by atoms with van der Waals surface area (Å²) in [6.07, 6.45) is 1.97. The van der Waals surface area contributed by atoms with Crippen molar-refractivity contribution in [3.63, 3.8) is 0 Å². The van der Waals surface area contributed by atoms with E-state index in [1.165, 1.54) is 65.7 Å². The molecular formula is C36H28N2. The maximum Gasteiger partial charge on any atom is 0.0975 e. The van der Waals surface area contributed by atoms with Crippen molar-refractivity contribution >= 4 is 43.4 Å². The van der Waals surface area contributed by atoms with Gasteiger partial charge in [0.15, 0.2) is 0 Å². The van der Waals surface area contributed by atoms with Gasteiger partial charge in [0.2, 0.25) is 0 Å². The predicted molar refractivity (Wildman–Crippen MR) is 162 cm³/mol. The number of pyridine rings is 2. The number of fused-ring (bicyclic) bond motifs is 5. The van der Waals surface area contributed by atoms with Crippen LogP contribution in [0.15, 0.2) is 97.2 Å². The Morgan fingerprint density at radius 2 is 1.21 bits per heavy atom. The minimum Gasteiger partial charge on any atom is -0.254 e. The lowest BCUT2D eigenvalue weighted by Crippen LogP contribution is -1.97.